The zero-order chi connectivity index (χ0) is 74.6. The number of esters is 4. The number of aliphatic hydroxyl groups excluding tert-OH is 1. The summed E-state index contributed by atoms with van der Waals surface area (Å²) in [6, 6.07) is 0. The molecule has 0 aromatic rings. The quantitative estimate of drug-likeness (QED) is 0.0169. The standard InChI is InChI=1S/C83H144O17P2/c1-5-9-13-17-21-25-29-33-35-37-38-40-42-46-48-52-56-60-64-68-81(86)94-74-79(100-83(88)70-66-62-58-54-50-44-32-28-24-20-16-12-8-4)76-98-102(91,92)96-72-77(84)71-95-101(89,90)97-75-78(99-82(87)69-65-61-57-53-49-43-31-27-23-19-15-11-7-3)73-93-80(85)67-63-59-55-51-47-45-41-39-36-34-30-26-22-18-14-10-6-2/h9-10,13-14,21-22,25-26,28,32-36,38,40-41,45,77-79,84H,5-8,11-12,15-20,23-24,27,29-31,37,39,42-44,46-76H2,1-4H3,(H,89,90)(H,91,92)/b13-9-,14-10-,25-21-,26-22-,32-28-,35-33-,36-34-,40-38-,45-41-. The topological polar surface area (TPSA) is 237 Å². The van der Waals surface area contributed by atoms with Crippen molar-refractivity contribution in [2.45, 2.75) is 354 Å². The molecule has 0 fully saturated rings. The largest absolute Gasteiger partial charge is 0.472 e. The summed E-state index contributed by atoms with van der Waals surface area (Å²) in [4.78, 5) is 73.0. The minimum atomic E-state index is -4.98. The Morgan fingerprint density at radius 1 is 0.284 bits per heavy atom. The number of allylic oxidation sites excluding steroid dienone is 18. The van der Waals surface area contributed by atoms with Crippen LogP contribution in [0, 0.1) is 0 Å². The second-order valence-electron chi connectivity index (χ2n) is 26.6. The Morgan fingerprint density at radius 3 is 0.804 bits per heavy atom. The van der Waals surface area contributed by atoms with Gasteiger partial charge >= 0.3 is 39.5 Å². The number of carbonyl (C=O) groups is 4. The lowest BCUT2D eigenvalue weighted by Crippen LogP contribution is -2.30. The van der Waals surface area contributed by atoms with Gasteiger partial charge in [-0.05, 0) is 128 Å². The van der Waals surface area contributed by atoms with Crippen molar-refractivity contribution in [1.82, 2.24) is 0 Å². The van der Waals surface area contributed by atoms with Crippen molar-refractivity contribution < 1.29 is 80.2 Å². The van der Waals surface area contributed by atoms with Crippen LogP contribution in [-0.4, -0.2) is 96.7 Å². The summed E-state index contributed by atoms with van der Waals surface area (Å²) in [5.41, 5.74) is 0. The van der Waals surface area contributed by atoms with E-state index in [1.807, 2.05) is 0 Å². The van der Waals surface area contributed by atoms with Crippen LogP contribution in [0.15, 0.2) is 109 Å². The van der Waals surface area contributed by atoms with E-state index >= 15 is 0 Å². The van der Waals surface area contributed by atoms with E-state index in [1.165, 1.54) is 77.0 Å². The third-order valence-electron chi connectivity index (χ3n) is 16.7. The SMILES string of the molecule is CC/C=C\C/C=C\C/C=C\C/C=C\CCCCCCCCC(=O)OCC(COP(=O)(O)OCC(O)COP(=O)(O)OCC(COC(=O)CCCCCC/C=C\C/C=C\C/C=C\C/C=C\CC)OC(=O)CCCCCCCCCCCCCCC)OC(=O)CCCCCCC/C=C\CCCCCC. The van der Waals surface area contributed by atoms with Crippen LogP contribution in [-0.2, 0) is 65.4 Å². The smallest absolute Gasteiger partial charge is 0.462 e. The molecule has 102 heavy (non-hydrogen) atoms. The van der Waals surface area contributed by atoms with Gasteiger partial charge in [-0.1, -0.05) is 291 Å². The summed E-state index contributed by atoms with van der Waals surface area (Å²) >= 11 is 0. The highest BCUT2D eigenvalue weighted by molar-refractivity contribution is 7.47. The number of unbranched alkanes of at least 4 members (excludes halogenated alkanes) is 31. The normalized spacial score (nSPS) is 14.5. The van der Waals surface area contributed by atoms with Crippen molar-refractivity contribution in [2.24, 2.45) is 0 Å². The highest BCUT2D eigenvalue weighted by Gasteiger charge is 2.30. The number of aliphatic hydroxyl groups is 1. The first kappa shape index (κ1) is 97.7. The molecule has 588 valence electrons. The number of hydrogen-bond donors (Lipinski definition) is 3. The van der Waals surface area contributed by atoms with Gasteiger partial charge in [-0.25, -0.2) is 9.13 Å². The van der Waals surface area contributed by atoms with E-state index < -0.39 is 97.5 Å². The Balaban J connectivity index is 5.35. The molecule has 0 amide bonds. The molecule has 0 spiro atoms. The van der Waals surface area contributed by atoms with Crippen LogP contribution >= 0.6 is 15.6 Å². The second kappa shape index (κ2) is 75.0. The third-order valence-corrected chi connectivity index (χ3v) is 18.6. The monoisotopic (exact) mass is 1470 g/mol. The zero-order valence-corrected chi connectivity index (χ0v) is 66.0. The van der Waals surface area contributed by atoms with Crippen LogP contribution < -0.4 is 0 Å². The van der Waals surface area contributed by atoms with Gasteiger partial charge < -0.3 is 33.8 Å². The fourth-order valence-electron chi connectivity index (χ4n) is 10.7. The van der Waals surface area contributed by atoms with E-state index in [0.717, 1.165) is 180 Å². The average molecular weight is 1480 g/mol. The Hall–Kier alpha value is -4.28. The van der Waals surface area contributed by atoms with Crippen LogP contribution in [0.4, 0.5) is 0 Å². The summed E-state index contributed by atoms with van der Waals surface area (Å²) in [6.07, 6.45) is 80.6. The molecule has 0 radical (unpaired) electrons. The maximum atomic E-state index is 13.1. The molecule has 0 saturated carbocycles. The summed E-state index contributed by atoms with van der Waals surface area (Å²) < 4.78 is 68.6. The fourth-order valence-corrected chi connectivity index (χ4v) is 12.2. The van der Waals surface area contributed by atoms with Crippen molar-refractivity contribution in [2.75, 3.05) is 39.6 Å². The van der Waals surface area contributed by atoms with Gasteiger partial charge in [-0.15, -0.1) is 0 Å². The van der Waals surface area contributed by atoms with Gasteiger partial charge in [0.25, 0.3) is 0 Å². The molecule has 0 aliphatic carbocycles. The maximum Gasteiger partial charge on any atom is 0.472 e. The van der Waals surface area contributed by atoms with Crippen LogP contribution in [0.2, 0.25) is 0 Å². The fraction of sp³-hybridized carbons (Fsp3) is 0.735. The van der Waals surface area contributed by atoms with Gasteiger partial charge in [0.15, 0.2) is 12.2 Å². The summed E-state index contributed by atoms with van der Waals surface area (Å²) in [5.74, 6) is -2.21. The lowest BCUT2D eigenvalue weighted by atomic mass is 10.0. The molecule has 0 saturated heterocycles. The average Bonchev–Trinajstić information content (AvgIpc) is 0.909. The minimum Gasteiger partial charge on any atom is -0.462 e. The molecule has 5 unspecified atom stereocenters. The summed E-state index contributed by atoms with van der Waals surface area (Å²) in [5, 5.41) is 10.6. The van der Waals surface area contributed by atoms with Crippen LogP contribution in [0.5, 0.6) is 0 Å². The van der Waals surface area contributed by atoms with Crippen molar-refractivity contribution >= 4 is 39.5 Å². The van der Waals surface area contributed by atoms with E-state index in [-0.39, 0.29) is 25.7 Å². The van der Waals surface area contributed by atoms with Gasteiger partial charge in [0.05, 0.1) is 26.4 Å². The molecular formula is C83H144O17P2. The van der Waals surface area contributed by atoms with Gasteiger partial charge in [0.2, 0.25) is 0 Å². The van der Waals surface area contributed by atoms with Gasteiger partial charge in [0.1, 0.15) is 19.3 Å². The van der Waals surface area contributed by atoms with Crippen LogP contribution in [0.25, 0.3) is 0 Å². The van der Waals surface area contributed by atoms with Crippen molar-refractivity contribution in [3.05, 3.63) is 109 Å². The van der Waals surface area contributed by atoms with E-state index in [0.29, 0.717) is 25.7 Å². The Kier molecular flexibility index (Phi) is 71.8. The lowest BCUT2D eigenvalue weighted by Gasteiger charge is -2.21. The van der Waals surface area contributed by atoms with Gasteiger partial charge in [0, 0.05) is 25.7 Å². The molecule has 19 heteroatoms. The molecule has 0 heterocycles. The molecule has 0 rings (SSSR count). The van der Waals surface area contributed by atoms with E-state index in [2.05, 4.69) is 137 Å². The van der Waals surface area contributed by atoms with Gasteiger partial charge in [-0.2, -0.15) is 0 Å². The number of phosphoric acid groups is 2. The molecule has 3 N–H and O–H groups in total. The van der Waals surface area contributed by atoms with Crippen LogP contribution in [0.3, 0.4) is 0 Å². The van der Waals surface area contributed by atoms with Gasteiger partial charge in [-0.3, -0.25) is 37.3 Å². The Morgan fingerprint density at radius 2 is 0.510 bits per heavy atom. The minimum absolute atomic E-state index is 0.0809. The number of hydrogen-bond acceptors (Lipinski definition) is 15. The predicted molar refractivity (Wildman–Crippen MR) is 418 cm³/mol. The van der Waals surface area contributed by atoms with Crippen molar-refractivity contribution in [3.8, 4) is 0 Å². The summed E-state index contributed by atoms with van der Waals surface area (Å²) in [6.45, 7) is 4.62. The molecule has 5 atom stereocenters. The zero-order valence-electron chi connectivity index (χ0n) is 64.3. The molecule has 0 aliphatic rings. The molecular weight excluding hydrogens is 1330 g/mol. The number of rotatable bonds is 75. The highest BCUT2D eigenvalue weighted by Crippen LogP contribution is 2.45. The first-order chi connectivity index (χ1) is 49.7. The van der Waals surface area contributed by atoms with Crippen molar-refractivity contribution in [3.63, 3.8) is 0 Å². The maximum absolute atomic E-state index is 13.1. The number of carbonyl (C=O) groups excluding carboxylic acids is 4. The molecule has 17 nitrogen and oxygen atoms in total. The Bertz CT molecular complexity index is 2360. The second-order valence-corrected chi connectivity index (χ2v) is 29.5. The first-order valence-electron chi connectivity index (χ1n) is 40.1. The third kappa shape index (κ3) is 74.0. The van der Waals surface area contributed by atoms with Crippen LogP contribution in [0.1, 0.15) is 336 Å². The first-order valence-corrected chi connectivity index (χ1v) is 43.1. The highest BCUT2D eigenvalue weighted by atomic mass is 31.2. The number of ether oxygens (including phenoxy) is 4. The van der Waals surface area contributed by atoms with Crippen molar-refractivity contribution in [1.29, 1.82) is 0 Å². The van der Waals surface area contributed by atoms with E-state index in [4.69, 9.17) is 37.0 Å². The predicted octanol–water partition coefficient (Wildman–Crippen LogP) is 23.3. The molecule has 0 aromatic heterocycles. The lowest BCUT2D eigenvalue weighted by molar-refractivity contribution is -0.161. The molecule has 0 aliphatic heterocycles. The Labute approximate surface area is 619 Å². The summed E-state index contributed by atoms with van der Waals surface area (Å²) in [7, 11) is -9.96. The molecule has 0 bridgehead atoms. The van der Waals surface area contributed by atoms with E-state index in [1.54, 1.807) is 0 Å². The molecule has 0 aromatic carbocycles. The number of phosphoric ester groups is 2. The van der Waals surface area contributed by atoms with E-state index in [9.17, 15) is 43.2 Å².